The lowest BCUT2D eigenvalue weighted by Crippen LogP contribution is -2.38. The van der Waals surface area contributed by atoms with Gasteiger partial charge in [0.05, 0.1) is 20.1 Å². The Kier molecular flexibility index (Phi) is 4.39. The molecule has 1 aromatic rings. The fourth-order valence-corrected chi connectivity index (χ4v) is 1.72. The molecule has 2 amide bonds. The first-order valence-corrected chi connectivity index (χ1v) is 6.36. The van der Waals surface area contributed by atoms with Crippen molar-refractivity contribution in [2.45, 2.75) is 25.3 Å². The highest BCUT2D eigenvalue weighted by Gasteiger charge is 2.23. The summed E-state index contributed by atoms with van der Waals surface area (Å²) in [5.41, 5.74) is 0.861. The van der Waals surface area contributed by atoms with Gasteiger partial charge in [-0.25, -0.2) is 0 Å². The smallest absolute Gasteiger partial charge is 0.239 e. The van der Waals surface area contributed by atoms with E-state index >= 15 is 0 Å². The van der Waals surface area contributed by atoms with Crippen LogP contribution in [0.15, 0.2) is 24.3 Å². The lowest BCUT2D eigenvalue weighted by atomic mass is 10.1. The van der Waals surface area contributed by atoms with Crippen molar-refractivity contribution in [3.8, 4) is 5.75 Å². The Hall–Kier alpha value is -2.04. The second-order valence-corrected chi connectivity index (χ2v) is 4.65. The Morgan fingerprint density at radius 2 is 2.11 bits per heavy atom. The predicted octanol–water partition coefficient (Wildman–Crippen LogP) is 0.632. The topological polar surface area (TPSA) is 67.4 Å². The van der Waals surface area contributed by atoms with Crippen molar-refractivity contribution in [2.24, 2.45) is 0 Å². The number of amides is 2. The lowest BCUT2D eigenvalue weighted by Gasteiger charge is -2.07. The molecule has 0 radical (unpaired) electrons. The van der Waals surface area contributed by atoms with Crippen LogP contribution in [0.5, 0.6) is 5.75 Å². The molecule has 0 unspecified atom stereocenters. The zero-order chi connectivity index (χ0) is 13.7. The number of hydrogen-bond acceptors (Lipinski definition) is 3. The predicted molar refractivity (Wildman–Crippen MR) is 70.9 cm³/mol. The summed E-state index contributed by atoms with van der Waals surface area (Å²) in [5.74, 6) is 0.428. The fourth-order valence-electron chi connectivity index (χ4n) is 1.72. The summed E-state index contributed by atoms with van der Waals surface area (Å²) in [4.78, 5) is 23.1. The molecule has 2 rings (SSSR count). The Balaban J connectivity index is 1.74. The molecule has 1 aliphatic rings. The van der Waals surface area contributed by atoms with Crippen LogP contribution in [0.25, 0.3) is 0 Å². The lowest BCUT2D eigenvalue weighted by molar-refractivity contribution is -0.125. The molecule has 19 heavy (non-hydrogen) atoms. The van der Waals surface area contributed by atoms with Crippen LogP contribution in [0.2, 0.25) is 0 Å². The Bertz CT molecular complexity index is 470. The van der Waals surface area contributed by atoms with Crippen LogP contribution in [0, 0.1) is 0 Å². The average Bonchev–Trinajstić information content (AvgIpc) is 3.20. The van der Waals surface area contributed by atoms with Gasteiger partial charge in [-0.15, -0.1) is 0 Å². The first kappa shape index (κ1) is 13.4. The minimum absolute atomic E-state index is 0.0410. The van der Waals surface area contributed by atoms with E-state index in [4.69, 9.17) is 4.74 Å². The SMILES string of the molecule is COc1cccc(CC(=O)NCC(=O)NC2CC2)c1. The number of carbonyl (C=O) groups excluding carboxylic acids is 2. The van der Waals surface area contributed by atoms with Crippen molar-refractivity contribution < 1.29 is 14.3 Å². The van der Waals surface area contributed by atoms with Crippen molar-refractivity contribution in [1.82, 2.24) is 10.6 Å². The third-order valence-corrected chi connectivity index (χ3v) is 2.89. The van der Waals surface area contributed by atoms with Crippen molar-refractivity contribution >= 4 is 11.8 Å². The Morgan fingerprint density at radius 3 is 2.79 bits per heavy atom. The van der Waals surface area contributed by atoms with Gasteiger partial charge in [-0.05, 0) is 30.5 Å². The highest BCUT2D eigenvalue weighted by molar-refractivity contribution is 5.85. The molecule has 1 aromatic carbocycles. The van der Waals surface area contributed by atoms with Crippen molar-refractivity contribution in [3.63, 3.8) is 0 Å². The number of methoxy groups -OCH3 is 1. The zero-order valence-corrected chi connectivity index (χ0v) is 10.9. The van der Waals surface area contributed by atoms with E-state index in [1.807, 2.05) is 24.3 Å². The van der Waals surface area contributed by atoms with Gasteiger partial charge >= 0.3 is 0 Å². The van der Waals surface area contributed by atoms with Gasteiger partial charge in [0, 0.05) is 6.04 Å². The zero-order valence-electron chi connectivity index (χ0n) is 10.9. The molecule has 0 bridgehead atoms. The third-order valence-electron chi connectivity index (χ3n) is 2.89. The number of benzene rings is 1. The maximum absolute atomic E-state index is 11.7. The van der Waals surface area contributed by atoms with Crippen LogP contribution in [-0.2, 0) is 16.0 Å². The maximum atomic E-state index is 11.7. The molecule has 0 aliphatic heterocycles. The molecule has 102 valence electrons. The van der Waals surface area contributed by atoms with Gasteiger partial charge in [0.25, 0.3) is 0 Å². The molecule has 0 aromatic heterocycles. The van der Waals surface area contributed by atoms with Crippen LogP contribution in [0.3, 0.4) is 0 Å². The first-order chi connectivity index (χ1) is 9.17. The average molecular weight is 262 g/mol. The van der Waals surface area contributed by atoms with E-state index in [1.54, 1.807) is 7.11 Å². The van der Waals surface area contributed by atoms with Gasteiger partial charge in [-0.2, -0.15) is 0 Å². The van der Waals surface area contributed by atoms with Gasteiger partial charge in [-0.3, -0.25) is 9.59 Å². The van der Waals surface area contributed by atoms with Crippen molar-refractivity contribution in [1.29, 1.82) is 0 Å². The number of rotatable bonds is 6. The summed E-state index contributed by atoms with van der Waals surface area (Å²) < 4.78 is 5.09. The second-order valence-electron chi connectivity index (χ2n) is 4.65. The molecular formula is C14H18N2O3. The highest BCUT2D eigenvalue weighted by Crippen LogP contribution is 2.18. The van der Waals surface area contributed by atoms with Gasteiger partial charge in [-0.1, -0.05) is 12.1 Å². The van der Waals surface area contributed by atoms with Crippen molar-refractivity contribution in [2.75, 3.05) is 13.7 Å². The molecule has 5 nitrogen and oxygen atoms in total. The van der Waals surface area contributed by atoms with E-state index in [2.05, 4.69) is 10.6 Å². The summed E-state index contributed by atoms with van der Waals surface area (Å²) in [6.45, 7) is 0.0410. The van der Waals surface area contributed by atoms with E-state index in [0.717, 1.165) is 24.2 Å². The quantitative estimate of drug-likeness (QED) is 0.790. The van der Waals surface area contributed by atoms with Crippen LogP contribution < -0.4 is 15.4 Å². The van der Waals surface area contributed by atoms with Crippen LogP contribution in [0.4, 0.5) is 0 Å². The first-order valence-electron chi connectivity index (χ1n) is 6.36. The molecule has 0 heterocycles. The third kappa shape index (κ3) is 4.62. The second kappa shape index (κ2) is 6.22. The number of hydrogen-bond donors (Lipinski definition) is 2. The van der Waals surface area contributed by atoms with E-state index < -0.39 is 0 Å². The normalized spacial score (nSPS) is 13.7. The van der Waals surface area contributed by atoms with E-state index in [1.165, 1.54) is 0 Å². The minimum atomic E-state index is -0.167. The van der Waals surface area contributed by atoms with Crippen molar-refractivity contribution in [3.05, 3.63) is 29.8 Å². The maximum Gasteiger partial charge on any atom is 0.239 e. The number of ether oxygens (including phenoxy) is 1. The molecule has 1 saturated carbocycles. The van der Waals surface area contributed by atoms with E-state index in [9.17, 15) is 9.59 Å². The molecule has 0 saturated heterocycles. The van der Waals surface area contributed by atoms with Crippen LogP contribution in [0.1, 0.15) is 18.4 Å². The number of nitrogens with one attached hydrogen (secondary N) is 2. The standard InChI is InChI=1S/C14H18N2O3/c1-19-12-4-2-3-10(7-12)8-13(17)15-9-14(18)16-11-5-6-11/h2-4,7,11H,5-6,8-9H2,1H3,(H,15,17)(H,16,18). The minimum Gasteiger partial charge on any atom is -0.497 e. The summed E-state index contributed by atoms with van der Waals surface area (Å²) in [5, 5.41) is 5.43. The summed E-state index contributed by atoms with van der Waals surface area (Å²) in [7, 11) is 1.58. The summed E-state index contributed by atoms with van der Waals surface area (Å²) in [6.07, 6.45) is 2.33. The summed E-state index contributed by atoms with van der Waals surface area (Å²) >= 11 is 0. The van der Waals surface area contributed by atoms with E-state index in [-0.39, 0.29) is 24.8 Å². The molecule has 0 spiro atoms. The van der Waals surface area contributed by atoms with Crippen LogP contribution in [-0.4, -0.2) is 31.5 Å². The van der Waals surface area contributed by atoms with Gasteiger partial charge in [0.2, 0.25) is 11.8 Å². The monoisotopic (exact) mass is 262 g/mol. The fraction of sp³-hybridized carbons (Fsp3) is 0.429. The molecule has 5 heteroatoms. The molecule has 2 N–H and O–H groups in total. The summed E-state index contributed by atoms with van der Waals surface area (Å²) in [6, 6.07) is 7.64. The Labute approximate surface area is 112 Å². The van der Waals surface area contributed by atoms with Gasteiger partial charge < -0.3 is 15.4 Å². The largest absolute Gasteiger partial charge is 0.497 e. The number of carbonyl (C=O) groups is 2. The molecule has 1 aliphatic carbocycles. The van der Waals surface area contributed by atoms with Gasteiger partial charge in [0.15, 0.2) is 0 Å². The molecule has 1 fully saturated rings. The van der Waals surface area contributed by atoms with E-state index in [0.29, 0.717) is 6.04 Å². The van der Waals surface area contributed by atoms with Gasteiger partial charge in [0.1, 0.15) is 5.75 Å². The molecular weight excluding hydrogens is 244 g/mol. The Morgan fingerprint density at radius 1 is 1.32 bits per heavy atom. The highest BCUT2D eigenvalue weighted by atomic mass is 16.5. The van der Waals surface area contributed by atoms with Crippen LogP contribution >= 0.6 is 0 Å². The molecule has 0 atom stereocenters.